The molecule has 2 heteroatoms. The lowest BCUT2D eigenvalue weighted by Gasteiger charge is -2.58. The molecule has 0 spiro atoms. The van der Waals surface area contributed by atoms with Crippen LogP contribution in [0.5, 0.6) is 0 Å². The third-order valence-corrected chi connectivity index (χ3v) is 10.1. The number of fused-ring (bicyclic) bond motifs is 5. The van der Waals surface area contributed by atoms with Crippen LogP contribution in [0.4, 0.5) is 0 Å². The van der Waals surface area contributed by atoms with Crippen LogP contribution < -0.4 is 0 Å². The number of rotatable bonds is 3. The van der Waals surface area contributed by atoms with E-state index in [0.717, 1.165) is 37.2 Å². The highest BCUT2D eigenvalue weighted by molar-refractivity contribution is 5.98. The molecule has 0 radical (unpaired) electrons. The van der Waals surface area contributed by atoms with Gasteiger partial charge in [0.25, 0.3) is 0 Å². The van der Waals surface area contributed by atoms with Gasteiger partial charge in [0.1, 0.15) is 5.78 Å². The molecule has 2 nitrogen and oxygen atoms in total. The largest absolute Gasteiger partial charge is 0.300 e. The Hall–Kier alpha value is -1.70. The number of hydrogen-bond acceptors (Lipinski definition) is 2. The van der Waals surface area contributed by atoms with Crippen LogP contribution in [0.1, 0.15) is 82.5 Å². The van der Waals surface area contributed by atoms with Crippen molar-refractivity contribution in [3.8, 4) is 0 Å². The summed E-state index contributed by atoms with van der Waals surface area (Å²) in [4.78, 5) is 25.4. The van der Waals surface area contributed by atoms with Crippen molar-refractivity contribution in [2.75, 3.05) is 0 Å². The molecule has 1 aromatic rings. The van der Waals surface area contributed by atoms with Gasteiger partial charge >= 0.3 is 0 Å². The van der Waals surface area contributed by atoms with Gasteiger partial charge in [-0.1, -0.05) is 55.8 Å². The number of carbonyl (C=O) groups excluding carboxylic acids is 2. The SMILES string of the molecule is CC(=O)[C@@H]1CC[C@]2(C)C(=CC[C@H]3[C@@H]4CC[C@H](C(=O)c5ccccc5)[C@@]4(C)CC[C@@H]32)C1. The summed E-state index contributed by atoms with van der Waals surface area (Å²) in [6.07, 6.45) is 11.6. The number of allylic oxidation sites excluding steroid dienone is 2. The molecule has 0 unspecified atom stereocenters. The van der Waals surface area contributed by atoms with Gasteiger partial charge in [0.05, 0.1) is 0 Å². The Kier molecular flexibility index (Phi) is 4.84. The average molecular weight is 405 g/mol. The molecule has 0 amide bonds. The second kappa shape index (κ2) is 7.18. The minimum atomic E-state index is 0.145. The maximum Gasteiger partial charge on any atom is 0.166 e. The smallest absolute Gasteiger partial charge is 0.166 e. The number of benzene rings is 1. The lowest BCUT2D eigenvalue weighted by Crippen LogP contribution is -2.50. The molecular formula is C28H36O2. The molecule has 3 saturated carbocycles. The van der Waals surface area contributed by atoms with Gasteiger partial charge in [-0.25, -0.2) is 0 Å². The van der Waals surface area contributed by atoms with Crippen molar-refractivity contribution in [1.82, 2.24) is 0 Å². The van der Waals surface area contributed by atoms with Crippen molar-refractivity contribution in [3.63, 3.8) is 0 Å². The third-order valence-electron chi connectivity index (χ3n) is 10.1. The Balaban J connectivity index is 1.41. The molecule has 1 aromatic carbocycles. The first-order valence-corrected chi connectivity index (χ1v) is 12.1. The molecule has 0 heterocycles. The number of ketones is 2. The van der Waals surface area contributed by atoms with E-state index in [1.165, 1.54) is 25.7 Å². The molecule has 30 heavy (non-hydrogen) atoms. The van der Waals surface area contributed by atoms with Gasteiger partial charge in [-0.3, -0.25) is 9.59 Å². The molecular weight excluding hydrogens is 368 g/mol. The lowest BCUT2D eigenvalue weighted by atomic mass is 9.46. The molecule has 0 N–H and O–H groups in total. The fraction of sp³-hybridized carbons (Fsp3) is 0.643. The van der Waals surface area contributed by atoms with E-state index in [4.69, 9.17) is 0 Å². The number of carbonyl (C=O) groups is 2. The van der Waals surface area contributed by atoms with Crippen LogP contribution in [-0.2, 0) is 4.79 Å². The minimum absolute atomic E-state index is 0.145. The van der Waals surface area contributed by atoms with Crippen molar-refractivity contribution in [2.24, 2.45) is 40.4 Å². The first-order chi connectivity index (χ1) is 14.3. The molecule has 4 aliphatic rings. The minimum Gasteiger partial charge on any atom is -0.300 e. The zero-order valence-corrected chi connectivity index (χ0v) is 18.8. The van der Waals surface area contributed by atoms with Gasteiger partial charge in [0.15, 0.2) is 5.78 Å². The van der Waals surface area contributed by atoms with Gasteiger partial charge in [-0.05, 0) is 86.9 Å². The summed E-state index contributed by atoms with van der Waals surface area (Å²) in [6, 6.07) is 9.97. The number of hydrogen-bond donors (Lipinski definition) is 0. The van der Waals surface area contributed by atoms with Crippen molar-refractivity contribution in [2.45, 2.75) is 72.1 Å². The lowest BCUT2D eigenvalue weighted by molar-refractivity contribution is -0.122. The van der Waals surface area contributed by atoms with Crippen molar-refractivity contribution in [3.05, 3.63) is 47.5 Å². The zero-order chi connectivity index (χ0) is 21.1. The quantitative estimate of drug-likeness (QED) is 0.417. The molecule has 3 fully saturated rings. The maximum atomic E-state index is 13.4. The summed E-state index contributed by atoms with van der Waals surface area (Å²) in [5.74, 6) is 3.27. The second-order valence-electron chi connectivity index (χ2n) is 11.2. The van der Waals surface area contributed by atoms with Crippen molar-refractivity contribution < 1.29 is 9.59 Å². The Morgan fingerprint density at radius 1 is 0.933 bits per heavy atom. The van der Waals surface area contributed by atoms with Gasteiger partial charge in [0, 0.05) is 17.4 Å². The monoisotopic (exact) mass is 404 g/mol. The topological polar surface area (TPSA) is 34.1 Å². The Morgan fingerprint density at radius 2 is 1.70 bits per heavy atom. The van der Waals surface area contributed by atoms with Crippen LogP contribution in [0, 0.1) is 40.4 Å². The Bertz CT molecular complexity index is 883. The summed E-state index contributed by atoms with van der Waals surface area (Å²) < 4.78 is 0. The molecule has 0 aliphatic heterocycles. The number of Topliss-reactive ketones (excluding diaryl/α,β-unsaturated/α-hetero) is 2. The summed E-state index contributed by atoms with van der Waals surface area (Å²) in [5.41, 5.74) is 2.89. The fourth-order valence-corrected chi connectivity index (χ4v) is 8.24. The van der Waals surface area contributed by atoms with Crippen molar-refractivity contribution >= 4 is 11.6 Å². The Labute approximate surface area is 181 Å². The van der Waals surface area contributed by atoms with E-state index < -0.39 is 0 Å². The van der Waals surface area contributed by atoms with E-state index in [-0.39, 0.29) is 22.7 Å². The summed E-state index contributed by atoms with van der Waals surface area (Å²) in [7, 11) is 0. The molecule has 7 atom stereocenters. The Morgan fingerprint density at radius 3 is 2.43 bits per heavy atom. The van der Waals surface area contributed by atoms with Gasteiger partial charge < -0.3 is 0 Å². The summed E-state index contributed by atoms with van der Waals surface area (Å²) in [6.45, 7) is 6.70. The van der Waals surface area contributed by atoms with Crippen LogP contribution in [0.2, 0.25) is 0 Å². The predicted molar refractivity (Wildman–Crippen MR) is 120 cm³/mol. The molecule has 0 bridgehead atoms. The van der Waals surface area contributed by atoms with E-state index in [9.17, 15) is 9.59 Å². The van der Waals surface area contributed by atoms with E-state index in [1.54, 1.807) is 12.5 Å². The van der Waals surface area contributed by atoms with Gasteiger partial charge in [-0.2, -0.15) is 0 Å². The maximum absolute atomic E-state index is 13.4. The van der Waals surface area contributed by atoms with E-state index >= 15 is 0 Å². The molecule has 0 saturated heterocycles. The van der Waals surface area contributed by atoms with E-state index in [1.807, 2.05) is 30.3 Å². The van der Waals surface area contributed by atoms with Gasteiger partial charge in [0.2, 0.25) is 0 Å². The van der Waals surface area contributed by atoms with E-state index in [2.05, 4.69) is 19.9 Å². The highest BCUT2D eigenvalue weighted by atomic mass is 16.1. The molecule has 160 valence electrons. The highest BCUT2D eigenvalue weighted by Crippen LogP contribution is 2.66. The normalized spacial score (nSPS) is 42.5. The standard InChI is InChI=1S/C28H36O2/c1-18(29)20-13-15-27(2)21(17-20)9-10-22-23-11-12-25(28(23,3)16-14-24(22)27)26(30)19-7-5-4-6-8-19/h4-9,20,22-25H,10-17H2,1-3H3/t20-,22+,23+,24+,25-,27-,28+/m1/s1. The molecule has 4 aliphatic carbocycles. The van der Waals surface area contributed by atoms with Crippen LogP contribution in [0.25, 0.3) is 0 Å². The zero-order valence-electron chi connectivity index (χ0n) is 18.8. The fourth-order valence-electron chi connectivity index (χ4n) is 8.24. The molecule has 0 aromatic heterocycles. The van der Waals surface area contributed by atoms with Crippen LogP contribution >= 0.6 is 0 Å². The first kappa shape index (κ1) is 20.2. The highest BCUT2D eigenvalue weighted by Gasteiger charge is 2.59. The second-order valence-corrected chi connectivity index (χ2v) is 11.2. The average Bonchev–Trinajstić information content (AvgIpc) is 3.10. The van der Waals surface area contributed by atoms with Crippen LogP contribution in [0.3, 0.4) is 0 Å². The summed E-state index contributed by atoms with van der Waals surface area (Å²) >= 11 is 0. The molecule has 5 rings (SSSR count). The first-order valence-electron chi connectivity index (χ1n) is 12.1. The van der Waals surface area contributed by atoms with Gasteiger partial charge in [-0.15, -0.1) is 0 Å². The van der Waals surface area contributed by atoms with Crippen LogP contribution in [-0.4, -0.2) is 11.6 Å². The third kappa shape index (κ3) is 2.89. The van der Waals surface area contributed by atoms with E-state index in [0.29, 0.717) is 23.4 Å². The van der Waals surface area contributed by atoms with Crippen molar-refractivity contribution in [1.29, 1.82) is 0 Å². The summed E-state index contributed by atoms with van der Waals surface area (Å²) in [5, 5.41) is 0. The predicted octanol–water partition coefficient (Wildman–Crippen LogP) is 6.65. The van der Waals surface area contributed by atoms with Crippen LogP contribution in [0.15, 0.2) is 42.0 Å².